The summed E-state index contributed by atoms with van der Waals surface area (Å²) < 4.78 is 7.00. The van der Waals surface area contributed by atoms with Crippen molar-refractivity contribution in [2.75, 3.05) is 11.9 Å². The number of hydrogen-bond acceptors (Lipinski definition) is 5. The van der Waals surface area contributed by atoms with Crippen LogP contribution in [0.2, 0.25) is 0 Å². The number of benzene rings is 2. The number of para-hydroxylation sites is 2. The summed E-state index contributed by atoms with van der Waals surface area (Å²) in [7, 11) is 0. The number of fused-ring (bicyclic) bond motifs is 1. The van der Waals surface area contributed by atoms with Gasteiger partial charge < -0.3 is 10.1 Å². The number of hydrogen-bond donors (Lipinski definition) is 1. The smallest absolute Gasteiger partial charge is 0.339 e. The predicted octanol–water partition coefficient (Wildman–Crippen LogP) is 4.61. The van der Waals surface area contributed by atoms with Crippen molar-refractivity contribution in [3.05, 3.63) is 94.3 Å². The zero-order chi connectivity index (χ0) is 21.1. The maximum Gasteiger partial charge on any atom is 0.339 e. The molecule has 0 aliphatic rings. The van der Waals surface area contributed by atoms with Crippen molar-refractivity contribution in [1.29, 1.82) is 0 Å². The molecule has 0 aliphatic heterocycles. The molecule has 1 N–H and O–H groups in total. The van der Waals surface area contributed by atoms with Gasteiger partial charge >= 0.3 is 5.97 Å². The number of rotatable bonds is 5. The molecule has 0 bridgehead atoms. The summed E-state index contributed by atoms with van der Waals surface area (Å²) in [4.78, 5) is 29.9. The van der Waals surface area contributed by atoms with Crippen LogP contribution in [0.4, 0.5) is 11.5 Å². The number of nitrogens with zero attached hydrogens (tertiary/aromatic N) is 2. The molecule has 0 amide bonds. The third kappa shape index (κ3) is 3.67. The first-order chi connectivity index (χ1) is 14.6. The largest absolute Gasteiger partial charge is 0.462 e. The van der Waals surface area contributed by atoms with Crippen LogP contribution in [0.5, 0.6) is 0 Å². The highest BCUT2D eigenvalue weighted by Gasteiger charge is 2.18. The van der Waals surface area contributed by atoms with Crippen LogP contribution in [0.25, 0.3) is 16.7 Å². The number of nitrogens with one attached hydrogen (secondary N) is 1. The molecule has 2 heterocycles. The Labute approximate surface area is 173 Å². The molecule has 0 fully saturated rings. The number of ether oxygens (including phenoxy) is 1. The molecule has 0 atom stereocenters. The molecule has 0 saturated heterocycles. The fourth-order valence-electron chi connectivity index (χ4n) is 3.34. The molecule has 150 valence electrons. The quantitative estimate of drug-likeness (QED) is 0.496. The van der Waals surface area contributed by atoms with Gasteiger partial charge in [-0.2, -0.15) is 0 Å². The molecule has 0 aliphatic carbocycles. The second kappa shape index (κ2) is 8.21. The molecule has 0 saturated carbocycles. The van der Waals surface area contributed by atoms with E-state index in [1.54, 1.807) is 19.9 Å². The number of aromatic nitrogens is 2. The van der Waals surface area contributed by atoms with E-state index < -0.39 is 5.97 Å². The van der Waals surface area contributed by atoms with Gasteiger partial charge in [-0.05, 0) is 44.2 Å². The second-order valence-corrected chi connectivity index (χ2v) is 6.77. The number of pyridine rings is 2. The van der Waals surface area contributed by atoms with Gasteiger partial charge in [-0.25, -0.2) is 9.78 Å². The summed E-state index contributed by atoms with van der Waals surface area (Å²) in [6.45, 7) is 3.74. The lowest BCUT2D eigenvalue weighted by Gasteiger charge is -2.18. The third-order valence-corrected chi connectivity index (χ3v) is 4.73. The molecule has 0 unspecified atom stereocenters. The Morgan fingerprint density at radius 3 is 2.37 bits per heavy atom. The fourth-order valence-corrected chi connectivity index (χ4v) is 3.34. The second-order valence-electron chi connectivity index (χ2n) is 6.77. The van der Waals surface area contributed by atoms with Crippen LogP contribution in [0, 0.1) is 6.92 Å². The van der Waals surface area contributed by atoms with Crippen LogP contribution in [-0.2, 0) is 4.74 Å². The minimum absolute atomic E-state index is 0.228. The van der Waals surface area contributed by atoms with E-state index in [2.05, 4.69) is 10.3 Å². The normalized spacial score (nSPS) is 10.7. The SMILES string of the molecule is CCOC(=O)c1cc2c(=O)cc(Nc3ccccc3)n(-c3ccccc3)c2nc1C. The highest BCUT2D eigenvalue weighted by atomic mass is 16.5. The van der Waals surface area contributed by atoms with Gasteiger partial charge in [-0.1, -0.05) is 36.4 Å². The molecule has 4 rings (SSSR count). The lowest BCUT2D eigenvalue weighted by Crippen LogP contribution is -2.16. The number of anilines is 2. The number of aryl methyl sites for hydroxylation is 1. The summed E-state index contributed by atoms with van der Waals surface area (Å²) in [6, 6.07) is 22.4. The van der Waals surface area contributed by atoms with Crippen molar-refractivity contribution in [2.24, 2.45) is 0 Å². The van der Waals surface area contributed by atoms with Crippen molar-refractivity contribution < 1.29 is 9.53 Å². The number of esters is 1. The molecule has 30 heavy (non-hydrogen) atoms. The van der Waals surface area contributed by atoms with Gasteiger partial charge in [0.15, 0.2) is 5.43 Å². The van der Waals surface area contributed by atoms with Crippen molar-refractivity contribution in [1.82, 2.24) is 9.55 Å². The number of carbonyl (C=O) groups excluding carboxylic acids is 1. The summed E-state index contributed by atoms with van der Waals surface area (Å²) in [5, 5.41) is 3.67. The molecular weight excluding hydrogens is 378 g/mol. The Bertz CT molecular complexity index is 1270. The lowest BCUT2D eigenvalue weighted by molar-refractivity contribution is 0.0525. The molecule has 2 aromatic heterocycles. The van der Waals surface area contributed by atoms with E-state index in [4.69, 9.17) is 4.74 Å². The maximum absolute atomic E-state index is 13.0. The number of carbonyl (C=O) groups is 1. The Balaban J connectivity index is 1.99. The van der Waals surface area contributed by atoms with Gasteiger partial charge in [-0.15, -0.1) is 0 Å². The highest BCUT2D eigenvalue weighted by Crippen LogP contribution is 2.25. The zero-order valence-corrected chi connectivity index (χ0v) is 16.8. The van der Waals surface area contributed by atoms with E-state index in [0.717, 1.165) is 11.4 Å². The van der Waals surface area contributed by atoms with Crippen molar-refractivity contribution in [3.8, 4) is 5.69 Å². The topological polar surface area (TPSA) is 73.2 Å². The first-order valence-electron chi connectivity index (χ1n) is 9.70. The van der Waals surface area contributed by atoms with E-state index in [1.807, 2.05) is 65.2 Å². The predicted molar refractivity (Wildman–Crippen MR) is 118 cm³/mol. The monoisotopic (exact) mass is 399 g/mol. The van der Waals surface area contributed by atoms with Crippen LogP contribution in [-0.4, -0.2) is 22.1 Å². The van der Waals surface area contributed by atoms with Crippen LogP contribution >= 0.6 is 0 Å². The molecule has 6 heteroatoms. The van der Waals surface area contributed by atoms with Crippen molar-refractivity contribution >= 4 is 28.5 Å². The minimum Gasteiger partial charge on any atom is -0.462 e. The third-order valence-electron chi connectivity index (χ3n) is 4.73. The van der Waals surface area contributed by atoms with Gasteiger partial charge in [0.25, 0.3) is 0 Å². The van der Waals surface area contributed by atoms with Gasteiger partial charge in [0.1, 0.15) is 11.5 Å². The van der Waals surface area contributed by atoms with Crippen LogP contribution in [0.1, 0.15) is 23.0 Å². The van der Waals surface area contributed by atoms with Crippen LogP contribution < -0.4 is 10.7 Å². The van der Waals surface area contributed by atoms with Gasteiger partial charge in [-0.3, -0.25) is 9.36 Å². The Kier molecular flexibility index (Phi) is 5.30. The molecule has 0 spiro atoms. The molecule has 4 aromatic rings. The maximum atomic E-state index is 13.0. The van der Waals surface area contributed by atoms with E-state index >= 15 is 0 Å². The van der Waals surface area contributed by atoms with E-state index in [0.29, 0.717) is 28.1 Å². The summed E-state index contributed by atoms with van der Waals surface area (Å²) in [5.41, 5.74) is 2.73. The van der Waals surface area contributed by atoms with Gasteiger partial charge in [0.2, 0.25) is 0 Å². The first kappa shape index (κ1) is 19.4. The van der Waals surface area contributed by atoms with Crippen molar-refractivity contribution in [3.63, 3.8) is 0 Å². The Morgan fingerprint density at radius 2 is 1.70 bits per heavy atom. The van der Waals surface area contributed by atoms with E-state index in [9.17, 15) is 9.59 Å². The first-order valence-corrected chi connectivity index (χ1v) is 9.70. The van der Waals surface area contributed by atoms with Crippen LogP contribution in [0.3, 0.4) is 0 Å². The lowest BCUT2D eigenvalue weighted by atomic mass is 10.1. The average molecular weight is 399 g/mol. The Morgan fingerprint density at radius 1 is 1.03 bits per heavy atom. The zero-order valence-electron chi connectivity index (χ0n) is 16.8. The molecule has 6 nitrogen and oxygen atoms in total. The summed E-state index contributed by atoms with van der Waals surface area (Å²) >= 11 is 0. The van der Waals surface area contributed by atoms with Gasteiger partial charge in [0, 0.05) is 17.4 Å². The summed E-state index contributed by atoms with van der Waals surface area (Å²) in [5.74, 6) is 0.0993. The molecular formula is C24H21N3O3. The average Bonchev–Trinajstić information content (AvgIpc) is 2.75. The minimum atomic E-state index is -0.485. The van der Waals surface area contributed by atoms with Gasteiger partial charge in [0.05, 0.1) is 23.3 Å². The van der Waals surface area contributed by atoms with E-state index in [-0.39, 0.29) is 12.0 Å². The van der Waals surface area contributed by atoms with Crippen LogP contribution in [0.15, 0.2) is 77.6 Å². The molecule has 2 aromatic carbocycles. The standard InChI is InChI=1S/C24H21N3O3/c1-3-30-24(29)19-14-20-21(28)15-22(26-17-10-6-4-7-11-17)27(23(20)25-16(19)2)18-12-8-5-9-13-18/h4-15,26H,3H2,1-2H3. The van der Waals surface area contributed by atoms with Crippen molar-refractivity contribution in [2.45, 2.75) is 13.8 Å². The Hall–Kier alpha value is -3.93. The fraction of sp³-hybridized carbons (Fsp3) is 0.125. The summed E-state index contributed by atoms with van der Waals surface area (Å²) in [6.07, 6.45) is 0. The highest BCUT2D eigenvalue weighted by molar-refractivity contribution is 5.95. The molecule has 0 radical (unpaired) electrons. The van der Waals surface area contributed by atoms with E-state index in [1.165, 1.54) is 6.07 Å².